The lowest BCUT2D eigenvalue weighted by molar-refractivity contribution is 0.0997. The minimum Gasteiger partial charge on any atom is -0.397 e. The first-order chi connectivity index (χ1) is 10.1. The van der Waals surface area contributed by atoms with Crippen LogP contribution in [0.1, 0.15) is 20.1 Å². The number of hydrogen-bond acceptors (Lipinski definition) is 4. The minimum atomic E-state index is -0.0339. The van der Waals surface area contributed by atoms with E-state index in [2.05, 4.69) is 0 Å². The standard InChI is InChI=1S/C15H15ClN2OS2/c1-18(12-7-10(16)2-3-11(12)17)15(19)14-6-9-8-20-5-4-13(9)21-14/h2-3,6-7H,4-5,8,17H2,1H3. The highest BCUT2D eigenvalue weighted by atomic mass is 35.5. The molecule has 0 saturated carbocycles. The van der Waals surface area contributed by atoms with Crippen molar-refractivity contribution in [3.8, 4) is 0 Å². The molecule has 2 N–H and O–H groups in total. The van der Waals surface area contributed by atoms with Gasteiger partial charge in [-0.1, -0.05) is 11.6 Å². The Bertz CT molecular complexity index is 675. The molecule has 1 aliphatic heterocycles. The van der Waals surface area contributed by atoms with Crippen molar-refractivity contribution < 1.29 is 4.79 Å². The third-order valence-corrected chi connectivity index (χ3v) is 5.97. The first kappa shape index (κ1) is 14.8. The second-order valence-electron chi connectivity index (χ2n) is 4.93. The predicted molar refractivity (Wildman–Crippen MR) is 92.8 cm³/mol. The summed E-state index contributed by atoms with van der Waals surface area (Å²) < 4.78 is 0. The van der Waals surface area contributed by atoms with E-state index in [1.54, 1.807) is 41.5 Å². The third kappa shape index (κ3) is 2.91. The van der Waals surface area contributed by atoms with E-state index in [9.17, 15) is 4.79 Å². The summed E-state index contributed by atoms with van der Waals surface area (Å²) in [5.74, 6) is 2.11. The first-order valence-corrected chi connectivity index (χ1v) is 8.93. The van der Waals surface area contributed by atoms with E-state index in [1.807, 2.05) is 17.8 Å². The number of carbonyl (C=O) groups excluding carboxylic acids is 1. The molecule has 0 aliphatic carbocycles. The van der Waals surface area contributed by atoms with Crippen LogP contribution in [0.5, 0.6) is 0 Å². The van der Waals surface area contributed by atoms with Crippen LogP contribution in [0, 0.1) is 0 Å². The van der Waals surface area contributed by atoms with E-state index in [-0.39, 0.29) is 5.91 Å². The highest BCUT2D eigenvalue weighted by Crippen LogP contribution is 2.34. The molecule has 0 spiro atoms. The van der Waals surface area contributed by atoms with E-state index < -0.39 is 0 Å². The average molecular weight is 339 g/mol. The molecule has 2 heterocycles. The number of anilines is 2. The number of nitrogens with zero attached hydrogens (tertiary/aromatic N) is 1. The van der Waals surface area contributed by atoms with Crippen molar-refractivity contribution in [2.24, 2.45) is 0 Å². The summed E-state index contributed by atoms with van der Waals surface area (Å²) in [7, 11) is 1.73. The van der Waals surface area contributed by atoms with Gasteiger partial charge in [0.05, 0.1) is 16.3 Å². The number of nitrogen functional groups attached to an aromatic ring is 1. The number of benzene rings is 1. The number of aryl methyl sites for hydroxylation is 1. The van der Waals surface area contributed by atoms with Gasteiger partial charge in [0, 0.05) is 22.7 Å². The van der Waals surface area contributed by atoms with Gasteiger partial charge in [0.25, 0.3) is 5.91 Å². The Labute approximate surface area is 137 Å². The number of nitrogens with two attached hydrogens (primary N) is 1. The molecule has 6 heteroatoms. The Balaban J connectivity index is 1.90. The Kier molecular flexibility index (Phi) is 4.15. The lowest BCUT2D eigenvalue weighted by atomic mass is 10.2. The molecule has 1 aromatic heterocycles. The summed E-state index contributed by atoms with van der Waals surface area (Å²) in [6, 6.07) is 7.18. The van der Waals surface area contributed by atoms with Crippen LogP contribution in [0.2, 0.25) is 5.02 Å². The van der Waals surface area contributed by atoms with Gasteiger partial charge in [-0.3, -0.25) is 4.79 Å². The van der Waals surface area contributed by atoms with E-state index in [4.69, 9.17) is 17.3 Å². The van der Waals surface area contributed by atoms with Crippen LogP contribution in [0.3, 0.4) is 0 Å². The predicted octanol–water partition coefficient (Wildman–Crippen LogP) is 4.05. The van der Waals surface area contributed by atoms with Crippen LogP contribution < -0.4 is 10.6 Å². The van der Waals surface area contributed by atoms with Gasteiger partial charge < -0.3 is 10.6 Å². The maximum Gasteiger partial charge on any atom is 0.268 e. The molecule has 0 fully saturated rings. The van der Waals surface area contributed by atoms with Crippen molar-refractivity contribution in [1.82, 2.24) is 0 Å². The van der Waals surface area contributed by atoms with Crippen LogP contribution in [-0.2, 0) is 12.2 Å². The Morgan fingerprint density at radius 1 is 1.38 bits per heavy atom. The average Bonchev–Trinajstić information content (AvgIpc) is 2.92. The van der Waals surface area contributed by atoms with E-state index >= 15 is 0 Å². The molecule has 1 aliphatic rings. The molecule has 3 nitrogen and oxygen atoms in total. The van der Waals surface area contributed by atoms with Crippen molar-refractivity contribution in [2.75, 3.05) is 23.4 Å². The van der Waals surface area contributed by atoms with Crippen molar-refractivity contribution in [2.45, 2.75) is 12.2 Å². The summed E-state index contributed by atoms with van der Waals surface area (Å²) in [4.78, 5) is 16.3. The summed E-state index contributed by atoms with van der Waals surface area (Å²) in [6.45, 7) is 0. The zero-order valence-corrected chi connectivity index (χ0v) is 13.9. The number of halogens is 1. The summed E-state index contributed by atoms with van der Waals surface area (Å²) >= 11 is 9.51. The van der Waals surface area contributed by atoms with Gasteiger partial charge >= 0.3 is 0 Å². The van der Waals surface area contributed by atoms with Gasteiger partial charge in [-0.2, -0.15) is 11.8 Å². The summed E-state index contributed by atoms with van der Waals surface area (Å²) in [6.07, 6.45) is 1.06. The highest BCUT2D eigenvalue weighted by Gasteiger charge is 2.21. The molecule has 1 amide bonds. The van der Waals surface area contributed by atoms with E-state index in [0.29, 0.717) is 16.4 Å². The van der Waals surface area contributed by atoms with Gasteiger partial charge in [-0.15, -0.1) is 11.3 Å². The van der Waals surface area contributed by atoms with Crippen LogP contribution in [0.15, 0.2) is 24.3 Å². The van der Waals surface area contributed by atoms with Crippen molar-refractivity contribution in [1.29, 1.82) is 0 Å². The fourth-order valence-corrected chi connectivity index (χ4v) is 4.85. The van der Waals surface area contributed by atoms with E-state index in [1.165, 1.54) is 10.4 Å². The SMILES string of the molecule is CN(C(=O)c1cc2c(s1)CCSC2)c1cc(Cl)ccc1N. The van der Waals surface area contributed by atoms with Crippen LogP contribution in [0.25, 0.3) is 0 Å². The number of thiophene rings is 1. The number of carbonyl (C=O) groups is 1. The molecule has 2 aromatic rings. The number of hydrogen-bond donors (Lipinski definition) is 1. The zero-order valence-electron chi connectivity index (χ0n) is 11.6. The molecule has 0 atom stereocenters. The summed E-state index contributed by atoms with van der Waals surface area (Å²) in [5.41, 5.74) is 8.44. The minimum absolute atomic E-state index is 0.0339. The molecule has 110 valence electrons. The molecule has 1 aromatic carbocycles. The molecular formula is C15H15ClN2OS2. The molecular weight excluding hydrogens is 324 g/mol. The Hall–Kier alpha value is -1.17. The van der Waals surface area contributed by atoms with E-state index in [0.717, 1.165) is 22.8 Å². The molecule has 0 unspecified atom stereocenters. The van der Waals surface area contributed by atoms with Crippen LogP contribution in [-0.4, -0.2) is 18.7 Å². The smallest absolute Gasteiger partial charge is 0.268 e. The number of rotatable bonds is 2. The lowest BCUT2D eigenvalue weighted by Crippen LogP contribution is -2.26. The molecule has 3 rings (SSSR count). The number of thioether (sulfide) groups is 1. The molecule has 0 bridgehead atoms. The Morgan fingerprint density at radius 3 is 2.95 bits per heavy atom. The quantitative estimate of drug-likeness (QED) is 0.840. The molecule has 0 saturated heterocycles. The van der Waals surface area contributed by atoms with Gasteiger partial charge in [0.1, 0.15) is 0 Å². The van der Waals surface area contributed by atoms with Gasteiger partial charge in [-0.05, 0) is 42.0 Å². The number of amides is 1. The van der Waals surface area contributed by atoms with Gasteiger partial charge in [-0.25, -0.2) is 0 Å². The molecule has 0 radical (unpaired) electrons. The van der Waals surface area contributed by atoms with Crippen LogP contribution >= 0.6 is 34.7 Å². The topological polar surface area (TPSA) is 46.3 Å². The number of fused-ring (bicyclic) bond motifs is 1. The van der Waals surface area contributed by atoms with Crippen molar-refractivity contribution >= 4 is 52.0 Å². The monoisotopic (exact) mass is 338 g/mol. The largest absolute Gasteiger partial charge is 0.397 e. The van der Waals surface area contributed by atoms with Gasteiger partial charge in [0.15, 0.2) is 0 Å². The Morgan fingerprint density at radius 2 is 2.19 bits per heavy atom. The van der Waals surface area contributed by atoms with Crippen molar-refractivity contribution in [3.05, 3.63) is 44.6 Å². The van der Waals surface area contributed by atoms with Gasteiger partial charge in [0.2, 0.25) is 0 Å². The molecule has 21 heavy (non-hydrogen) atoms. The van der Waals surface area contributed by atoms with Crippen molar-refractivity contribution in [3.63, 3.8) is 0 Å². The second kappa shape index (κ2) is 5.91. The highest BCUT2D eigenvalue weighted by molar-refractivity contribution is 7.98. The lowest BCUT2D eigenvalue weighted by Gasteiger charge is -2.18. The maximum atomic E-state index is 12.7. The third-order valence-electron chi connectivity index (χ3n) is 3.50. The summed E-state index contributed by atoms with van der Waals surface area (Å²) in [5, 5.41) is 0.570. The normalized spacial score (nSPS) is 13.8. The maximum absolute atomic E-state index is 12.7. The fraction of sp³-hybridized carbons (Fsp3) is 0.267. The van der Waals surface area contributed by atoms with Crippen LogP contribution in [0.4, 0.5) is 11.4 Å². The second-order valence-corrected chi connectivity index (χ2v) is 7.61. The fourth-order valence-electron chi connectivity index (χ4n) is 2.33. The first-order valence-electron chi connectivity index (χ1n) is 6.58. The zero-order chi connectivity index (χ0) is 15.0.